The molecule has 2 aromatic rings. The van der Waals surface area contributed by atoms with Crippen molar-refractivity contribution in [3.8, 4) is 11.1 Å². The number of rotatable bonds is 8. The molecule has 3 rings (SSSR count). The van der Waals surface area contributed by atoms with Crippen LogP contribution in [0.25, 0.3) is 11.1 Å². The molecule has 27 heavy (non-hydrogen) atoms. The van der Waals surface area contributed by atoms with E-state index in [1.54, 1.807) is 12.1 Å². The van der Waals surface area contributed by atoms with Crippen LogP contribution in [0.5, 0.6) is 0 Å². The molecule has 0 unspecified atom stereocenters. The van der Waals surface area contributed by atoms with Gasteiger partial charge >= 0.3 is 11.9 Å². The van der Waals surface area contributed by atoms with Crippen molar-refractivity contribution in [2.24, 2.45) is 0 Å². The van der Waals surface area contributed by atoms with Crippen molar-refractivity contribution in [3.05, 3.63) is 58.7 Å². The fraction of sp³-hybridized carbons (Fsp3) is 0.391. The Morgan fingerprint density at radius 3 is 1.52 bits per heavy atom. The third-order valence-electron chi connectivity index (χ3n) is 5.77. The molecule has 0 bridgehead atoms. The van der Waals surface area contributed by atoms with Crippen molar-refractivity contribution in [3.63, 3.8) is 0 Å². The van der Waals surface area contributed by atoms with Gasteiger partial charge in [-0.2, -0.15) is 0 Å². The van der Waals surface area contributed by atoms with E-state index in [2.05, 4.69) is 13.8 Å². The van der Waals surface area contributed by atoms with Gasteiger partial charge in [0.2, 0.25) is 0 Å². The van der Waals surface area contributed by atoms with Gasteiger partial charge < -0.3 is 10.2 Å². The third kappa shape index (κ3) is 3.25. The van der Waals surface area contributed by atoms with Gasteiger partial charge in [-0.15, -0.1) is 0 Å². The van der Waals surface area contributed by atoms with Crippen LogP contribution in [-0.2, 0) is 5.41 Å². The SMILES string of the molecule is CCCCC1(CCCC)c2cc(C(=O)O)ccc2-c2ccc(C(=O)O)cc21. The maximum Gasteiger partial charge on any atom is 0.335 e. The van der Waals surface area contributed by atoms with E-state index in [0.717, 1.165) is 60.8 Å². The summed E-state index contributed by atoms with van der Waals surface area (Å²) in [6.07, 6.45) is 5.89. The molecule has 2 N–H and O–H groups in total. The van der Waals surface area contributed by atoms with Crippen LogP contribution in [0, 0.1) is 0 Å². The average Bonchev–Trinajstić information content (AvgIpc) is 2.93. The molecule has 0 aliphatic heterocycles. The lowest BCUT2D eigenvalue weighted by molar-refractivity contribution is 0.0686. The first kappa shape index (κ1) is 19.2. The Balaban J connectivity index is 2.28. The lowest BCUT2D eigenvalue weighted by Crippen LogP contribution is -2.26. The molecule has 0 spiro atoms. The van der Waals surface area contributed by atoms with E-state index in [-0.39, 0.29) is 16.5 Å². The molecule has 4 heteroatoms. The number of hydrogen-bond donors (Lipinski definition) is 2. The highest BCUT2D eigenvalue weighted by Crippen LogP contribution is 2.54. The van der Waals surface area contributed by atoms with Gasteiger partial charge in [-0.05, 0) is 59.4 Å². The molecule has 1 aliphatic rings. The van der Waals surface area contributed by atoms with E-state index >= 15 is 0 Å². The monoisotopic (exact) mass is 366 g/mol. The van der Waals surface area contributed by atoms with Crippen LogP contribution >= 0.6 is 0 Å². The van der Waals surface area contributed by atoms with E-state index in [0.29, 0.717) is 0 Å². The number of benzene rings is 2. The maximum absolute atomic E-state index is 11.6. The molecule has 1 aliphatic carbocycles. The highest BCUT2D eigenvalue weighted by Gasteiger charge is 2.42. The minimum Gasteiger partial charge on any atom is -0.478 e. The van der Waals surface area contributed by atoms with E-state index in [1.165, 1.54) is 0 Å². The summed E-state index contributed by atoms with van der Waals surface area (Å²) in [5.41, 5.74) is 4.44. The molecule has 0 saturated heterocycles. The molecular weight excluding hydrogens is 340 g/mol. The van der Waals surface area contributed by atoms with Gasteiger partial charge in [-0.25, -0.2) is 9.59 Å². The van der Waals surface area contributed by atoms with Crippen LogP contribution < -0.4 is 0 Å². The van der Waals surface area contributed by atoms with Crippen molar-refractivity contribution in [2.45, 2.75) is 57.8 Å². The standard InChI is InChI=1S/C23H26O4/c1-3-5-11-23(12-6-4-2)19-13-15(21(24)25)7-9-17(19)18-10-8-16(22(26)27)14-20(18)23/h7-10,13-14H,3-6,11-12H2,1-2H3,(H,24,25)(H,26,27). The number of unbranched alkanes of at least 4 members (excludes halogenated alkanes) is 2. The van der Waals surface area contributed by atoms with E-state index in [1.807, 2.05) is 24.3 Å². The predicted octanol–water partition coefficient (Wildman–Crippen LogP) is 5.73. The fourth-order valence-corrected chi connectivity index (χ4v) is 4.38. The Morgan fingerprint density at radius 2 is 1.19 bits per heavy atom. The second kappa shape index (κ2) is 7.55. The van der Waals surface area contributed by atoms with Gasteiger partial charge in [0.15, 0.2) is 0 Å². The topological polar surface area (TPSA) is 74.6 Å². The summed E-state index contributed by atoms with van der Waals surface area (Å²) in [6.45, 7) is 4.29. The third-order valence-corrected chi connectivity index (χ3v) is 5.77. The van der Waals surface area contributed by atoms with Crippen LogP contribution in [0.3, 0.4) is 0 Å². The highest BCUT2D eigenvalue weighted by molar-refractivity contribution is 5.93. The normalized spacial score (nSPS) is 13.9. The minimum atomic E-state index is -0.931. The molecule has 2 aromatic carbocycles. The van der Waals surface area contributed by atoms with E-state index in [4.69, 9.17) is 0 Å². The molecule has 0 radical (unpaired) electrons. The van der Waals surface area contributed by atoms with E-state index < -0.39 is 11.9 Å². The van der Waals surface area contributed by atoms with Crippen LogP contribution in [0.15, 0.2) is 36.4 Å². The second-order valence-corrected chi connectivity index (χ2v) is 7.42. The molecule has 4 nitrogen and oxygen atoms in total. The molecule has 0 aromatic heterocycles. The first-order valence-corrected chi connectivity index (χ1v) is 9.70. The zero-order chi connectivity index (χ0) is 19.6. The summed E-state index contributed by atoms with van der Waals surface area (Å²) in [6, 6.07) is 10.7. The highest BCUT2D eigenvalue weighted by atomic mass is 16.4. The number of carboxylic acid groups (broad SMARTS) is 2. The summed E-state index contributed by atoms with van der Waals surface area (Å²) in [7, 11) is 0. The predicted molar refractivity (Wildman–Crippen MR) is 106 cm³/mol. The summed E-state index contributed by atoms with van der Waals surface area (Å²) >= 11 is 0. The van der Waals surface area contributed by atoms with Gasteiger partial charge in [0.25, 0.3) is 0 Å². The Bertz CT molecular complexity index is 808. The number of fused-ring (bicyclic) bond motifs is 3. The lowest BCUT2D eigenvalue weighted by atomic mass is 9.70. The average molecular weight is 366 g/mol. The van der Waals surface area contributed by atoms with Gasteiger partial charge in [0.05, 0.1) is 11.1 Å². The van der Waals surface area contributed by atoms with Gasteiger partial charge in [-0.3, -0.25) is 0 Å². The lowest BCUT2D eigenvalue weighted by Gasteiger charge is -2.33. The molecule has 0 fully saturated rings. The van der Waals surface area contributed by atoms with Crippen LogP contribution in [0.4, 0.5) is 0 Å². The van der Waals surface area contributed by atoms with E-state index in [9.17, 15) is 19.8 Å². The molecule has 0 heterocycles. The van der Waals surface area contributed by atoms with Crippen molar-refractivity contribution in [1.29, 1.82) is 0 Å². The zero-order valence-electron chi connectivity index (χ0n) is 15.9. The maximum atomic E-state index is 11.6. The van der Waals surface area contributed by atoms with Crippen molar-refractivity contribution < 1.29 is 19.8 Å². The van der Waals surface area contributed by atoms with Gasteiger partial charge in [0, 0.05) is 5.41 Å². The van der Waals surface area contributed by atoms with Gasteiger partial charge in [-0.1, -0.05) is 51.7 Å². The number of aromatic carboxylic acids is 2. The first-order chi connectivity index (χ1) is 12.9. The van der Waals surface area contributed by atoms with Gasteiger partial charge in [0.1, 0.15) is 0 Å². The van der Waals surface area contributed by atoms with Crippen molar-refractivity contribution in [2.75, 3.05) is 0 Å². The van der Waals surface area contributed by atoms with Crippen LogP contribution in [0.1, 0.15) is 84.2 Å². The quantitative estimate of drug-likeness (QED) is 0.625. The summed E-state index contributed by atoms with van der Waals surface area (Å²) in [5.74, 6) is -1.86. The number of carboxylic acids is 2. The van der Waals surface area contributed by atoms with Crippen molar-refractivity contribution >= 4 is 11.9 Å². The Kier molecular flexibility index (Phi) is 5.36. The van der Waals surface area contributed by atoms with Crippen LogP contribution in [-0.4, -0.2) is 22.2 Å². The largest absolute Gasteiger partial charge is 0.478 e. The Labute approximate surface area is 159 Å². The molecule has 0 atom stereocenters. The van der Waals surface area contributed by atoms with Crippen molar-refractivity contribution in [1.82, 2.24) is 0 Å². The first-order valence-electron chi connectivity index (χ1n) is 9.70. The Morgan fingerprint density at radius 1 is 0.778 bits per heavy atom. The zero-order valence-corrected chi connectivity index (χ0v) is 15.9. The van der Waals surface area contributed by atoms with Crippen LogP contribution in [0.2, 0.25) is 0 Å². The minimum absolute atomic E-state index is 0.289. The molecule has 142 valence electrons. The fourth-order valence-electron chi connectivity index (χ4n) is 4.38. The molecule has 0 amide bonds. The number of carbonyl (C=O) groups is 2. The number of hydrogen-bond acceptors (Lipinski definition) is 2. The molecule has 0 saturated carbocycles. The summed E-state index contributed by atoms with van der Waals surface area (Å²) in [4.78, 5) is 23.2. The summed E-state index contributed by atoms with van der Waals surface area (Å²) < 4.78 is 0. The smallest absolute Gasteiger partial charge is 0.335 e. The Hall–Kier alpha value is -2.62. The molecular formula is C23H26O4. The second-order valence-electron chi connectivity index (χ2n) is 7.42. The summed E-state index contributed by atoms with van der Waals surface area (Å²) in [5, 5.41) is 19.0.